The maximum atomic E-state index is 5.42. The van der Waals surface area contributed by atoms with Gasteiger partial charge in [0.2, 0.25) is 0 Å². The summed E-state index contributed by atoms with van der Waals surface area (Å²) in [6.07, 6.45) is 3.85. The van der Waals surface area contributed by atoms with E-state index >= 15 is 0 Å². The first-order valence-electron chi connectivity index (χ1n) is 5.14. The molecule has 0 bridgehead atoms. The summed E-state index contributed by atoms with van der Waals surface area (Å²) in [4.78, 5) is 8.66. The van der Waals surface area contributed by atoms with Crippen LogP contribution in [0.4, 0.5) is 0 Å². The maximum Gasteiger partial charge on any atom is 0.116 e. The Morgan fingerprint density at radius 1 is 1.50 bits per heavy atom. The molecule has 0 amide bonds. The van der Waals surface area contributed by atoms with Gasteiger partial charge in [-0.1, -0.05) is 13.8 Å². The molecule has 3 heteroatoms. The van der Waals surface area contributed by atoms with Gasteiger partial charge in [-0.15, -0.1) is 0 Å². The molecule has 1 aromatic heterocycles. The van der Waals surface area contributed by atoms with Gasteiger partial charge in [-0.05, 0) is 18.8 Å². The van der Waals surface area contributed by atoms with Crippen molar-refractivity contribution in [1.29, 1.82) is 0 Å². The zero-order chi connectivity index (χ0) is 10.1. The van der Waals surface area contributed by atoms with Crippen LogP contribution in [0.5, 0.6) is 0 Å². The Kier molecular flexibility index (Phi) is 2.50. The Balaban J connectivity index is 2.49. The molecule has 1 heterocycles. The molecule has 2 atom stereocenters. The van der Waals surface area contributed by atoms with Gasteiger partial charge in [-0.25, -0.2) is 9.97 Å². The van der Waals surface area contributed by atoms with E-state index in [4.69, 9.17) is 4.74 Å². The molecule has 1 aliphatic carbocycles. The lowest BCUT2D eigenvalue weighted by Gasteiger charge is -2.08. The lowest BCUT2D eigenvalue weighted by molar-refractivity contribution is 0.0982. The molecule has 1 aliphatic rings. The highest BCUT2D eigenvalue weighted by molar-refractivity contribution is 5.34. The summed E-state index contributed by atoms with van der Waals surface area (Å²) in [5.41, 5.74) is 3.61. The molecule has 0 aliphatic heterocycles. The molecule has 0 fully saturated rings. The number of ether oxygens (including phenoxy) is 1. The highest BCUT2D eigenvalue weighted by atomic mass is 16.5. The molecule has 0 radical (unpaired) electrons. The number of hydrogen-bond acceptors (Lipinski definition) is 3. The average Bonchev–Trinajstić information content (AvgIpc) is 2.55. The van der Waals surface area contributed by atoms with Crippen molar-refractivity contribution in [3.05, 3.63) is 23.3 Å². The van der Waals surface area contributed by atoms with Gasteiger partial charge in [0.05, 0.1) is 5.69 Å². The molecule has 1 aromatic rings. The predicted molar refractivity (Wildman–Crippen MR) is 54.2 cm³/mol. The second-order valence-corrected chi connectivity index (χ2v) is 3.83. The molecule has 14 heavy (non-hydrogen) atoms. The van der Waals surface area contributed by atoms with Crippen LogP contribution < -0.4 is 0 Å². The summed E-state index contributed by atoms with van der Waals surface area (Å²) in [5.74, 6) is 0.533. The van der Waals surface area contributed by atoms with E-state index in [1.54, 1.807) is 13.4 Å². The largest absolute Gasteiger partial charge is 0.375 e. The second-order valence-electron chi connectivity index (χ2n) is 3.83. The van der Waals surface area contributed by atoms with Crippen molar-refractivity contribution in [2.75, 3.05) is 7.11 Å². The molecule has 2 unspecified atom stereocenters. The highest BCUT2D eigenvalue weighted by Crippen LogP contribution is 2.41. The van der Waals surface area contributed by atoms with E-state index in [0.29, 0.717) is 5.92 Å². The standard InChI is InChI=1S/C11H16N2O/c1-4-8-10-7(2)5-9(14-3)11(10)13-6-12-8/h6-7,9H,4-5H2,1-3H3. The molecule has 2 rings (SSSR count). The third kappa shape index (κ3) is 1.32. The van der Waals surface area contributed by atoms with E-state index < -0.39 is 0 Å². The molecular formula is C11H16N2O. The molecule has 0 aromatic carbocycles. The third-order valence-corrected chi connectivity index (χ3v) is 2.98. The van der Waals surface area contributed by atoms with Gasteiger partial charge in [0.1, 0.15) is 12.4 Å². The first-order valence-corrected chi connectivity index (χ1v) is 5.14. The van der Waals surface area contributed by atoms with E-state index in [1.807, 2.05) is 0 Å². The lowest BCUT2D eigenvalue weighted by Crippen LogP contribution is -2.02. The van der Waals surface area contributed by atoms with Gasteiger partial charge in [-0.3, -0.25) is 0 Å². The normalized spacial score (nSPS) is 25.1. The van der Waals surface area contributed by atoms with Crippen LogP contribution in [0.15, 0.2) is 6.33 Å². The average molecular weight is 192 g/mol. The Morgan fingerprint density at radius 2 is 2.29 bits per heavy atom. The van der Waals surface area contributed by atoms with Gasteiger partial charge in [0.15, 0.2) is 0 Å². The molecule has 3 nitrogen and oxygen atoms in total. The van der Waals surface area contributed by atoms with Crippen LogP contribution >= 0.6 is 0 Å². The number of aromatic nitrogens is 2. The summed E-state index contributed by atoms with van der Waals surface area (Å²) >= 11 is 0. The number of methoxy groups -OCH3 is 1. The molecular weight excluding hydrogens is 176 g/mol. The van der Waals surface area contributed by atoms with E-state index in [9.17, 15) is 0 Å². The SMILES string of the molecule is CCc1ncnc2c1C(C)CC2OC. The minimum absolute atomic E-state index is 0.174. The van der Waals surface area contributed by atoms with Crippen LogP contribution in [0, 0.1) is 0 Å². The minimum Gasteiger partial charge on any atom is -0.375 e. The third-order valence-electron chi connectivity index (χ3n) is 2.98. The fraction of sp³-hybridized carbons (Fsp3) is 0.636. The monoisotopic (exact) mass is 192 g/mol. The summed E-state index contributed by atoms with van der Waals surface area (Å²) in [6, 6.07) is 0. The van der Waals surface area contributed by atoms with Crippen LogP contribution in [-0.2, 0) is 11.2 Å². The number of aryl methyl sites for hydroxylation is 1. The van der Waals surface area contributed by atoms with Crippen molar-refractivity contribution >= 4 is 0 Å². The van der Waals surface area contributed by atoms with Crippen LogP contribution in [0.3, 0.4) is 0 Å². The van der Waals surface area contributed by atoms with E-state index in [0.717, 1.165) is 18.5 Å². The van der Waals surface area contributed by atoms with Crippen LogP contribution in [0.2, 0.25) is 0 Å². The topological polar surface area (TPSA) is 35.0 Å². The number of nitrogens with zero attached hydrogens (tertiary/aromatic N) is 2. The van der Waals surface area contributed by atoms with Crippen molar-refractivity contribution in [3.8, 4) is 0 Å². The molecule has 76 valence electrons. The Hall–Kier alpha value is -0.960. The Bertz CT molecular complexity index is 338. The fourth-order valence-electron chi connectivity index (χ4n) is 2.28. The lowest BCUT2D eigenvalue weighted by atomic mass is 10.0. The van der Waals surface area contributed by atoms with Crippen molar-refractivity contribution in [2.45, 2.75) is 38.7 Å². The summed E-state index contributed by atoms with van der Waals surface area (Å²) in [6.45, 7) is 4.36. The number of rotatable bonds is 2. The van der Waals surface area contributed by atoms with Crippen LogP contribution in [0.1, 0.15) is 49.2 Å². The van der Waals surface area contributed by atoms with Crippen LogP contribution in [0.25, 0.3) is 0 Å². The summed E-state index contributed by atoms with van der Waals surface area (Å²) in [5, 5.41) is 0. The van der Waals surface area contributed by atoms with Crippen molar-refractivity contribution in [1.82, 2.24) is 9.97 Å². The molecule has 0 N–H and O–H groups in total. The van der Waals surface area contributed by atoms with Gasteiger partial charge in [-0.2, -0.15) is 0 Å². The van der Waals surface area contributed by atoms with Crippen LogP contribution in [-0.4, -0.2) is 17.1 Å². The van der Waals surface area contributed by atoms with Gasteiger partial charge in [0.25, 0.3) is 0 Å². The van der Waals surface area contributed by atoms with E-state index in [-0.39, 0.29) is 6.10 Å². The van der Waals surface area contributed by atoms with Gasteiger partial charge in [0, 0.05) is 18.4 Å². The smallest absolute Gasteiger partial charge is 0.116 e. The first kappa shape index (κ1) is 9.59. The minimum atomic E-state index is 0.174. The van der Waals surface area contributed by atoms with Crippen molar-refractivity contribution < 1.29 is 4.74 Å². The number of fused-ring (bicyclic) bond motifs is 1. The van der Waals surface area contributed by atoms with Gasteiger partial charge >= 0.3 is 0 Å². The maximum absolute atomic E-state index is 5.42. The Morgan fingerprint density at radius 3 is 2.93 bits per heavy atom. The molecule has 0 spiro atoms. The zero-order valence-corrected chi connectivity index (χ0v) is 8.95. The second kappa shape index (κ2) is 3.65. The predicted octanol–water partition coefficient (Wildman–Crippen LogP) is 2.23. The van der Waals surface area contributed by atoms with E-state index in [1.165, 1.54) is 11.3 Å². The summed E-state index contributed by atoms with van der Waals surface area (Å²) < 4.78 is 5.42. The summed E-state index contributed by atoms with van der Waals surface area (Å²) in [7, 11) is 1.75. The van der Waals surface area contributed by atoms with E-state index in [2.05, 4.69) is 23.8 Å². The van der Waals surface area contributed by atoms with Gasteiger partial charge < -0.3 is 4.74 Å². The highest BCUT2D eigenvalue weighted by Gasteiger charge is 2.31. The fourth-order valence-corrected chi connectivity index (χ4v) is 2.28. The number of hydrogen-bond donors (Lipinski definition) is 0. The first-order chi connectivity index (χ1) is 6.77. The zero-order valence-electron chi connectivity index (χ0n) is 8.95. The van der Waals surface area contributed by atoms with Crippen molar-refractivity contribution in [2.24, 2.45) is 0 Å². The molecule has 0 saturated heterocycles. The molecule has 0 saturated carbocycles. The quantitative estimate of drug-likeness (QED) is 0.720. The van der Waals surface area contributed by atoms with Crippen molar-refractivity contribution in [3.63, 3.8) is 0 Å². The Labute approximate surface area is 84.5 Å².